The summed E-state index contributed by atoms with van der Waals surface area (Å²) in [5, 5.41) is 27.9. The molecule has 0 aliphatic carbocycles. The quantitative estimate of drug-likeness (QED) is 0.343. The van der Waals surface area contributed by atoms with E-state index in [0.717, 1.165) is 28.9 Å². The normalized spacial score (nSPS) is 15.8. The minimum absolute atomic E-state index is 0.00860. The van der Waals surface area contributed by atoms with Crippen LogP contribution >= 0.6 is 11.8 Å². The molecule has 1 aliphatic heterocycles. The monoisotopic (exact) mass is 464 g/mol. The fraction of sp³-hybridized carbons (Fsp3) is 0.273. The molecule has 1 atom stereocenters. The fourth-order valence-corrected chi connectivity index (χ4v) is 4.60. The molecule has 11 heteroatoms. The number of aliphatic hydroxyl groups is 1. The van der Waals surface area contributed by atoms with Gasteiger partial charge in [0.15, 0.2) is 11.6 Å². The van der Waals surface area contributed by atoms with Gasteiger partial charge in [-0.3, -0.25) is 5.10 Å². The predicted molar refractivity (Wildman–Crippen MR) is 126 cm³/mol. The van der Waals surface area contributed by atoms with E-state index in [2.05, 4.69) is 30.9 Å². The summed E-state index contributed by atoms with van der Waals surface area (Å²) < 4.78 is 1.78. The van der Waals surface area contributed by atoms with Gasteiger partial charge in [-0.25, -0.2) is 14.3 Å². The number of likely N-dealkylation sites (tertiary alicyclic amines) is 1. The number of nitrogens with one attached hydrogen (secondary N) is 3. The van der Waals surface area contributed by atoms with E-state index in [-0.39, 0.29) is 18.7 Å². The Morgan fingerprint density at radius 3 is 2.91 bits per heavy atom. The second-order valence-corrected chi connectivity index (χ2v) is 8.91. The zero-order valence-corrected chi connectivity index (χ0v) is 18.8. The first-order chi connectivity index (χ1) is 16.1. The summed E-state index contributed by atoms with van der Waals surface area (Å²) in [7, 11) is 0. The lowest BCUT2D eigenvalue weighted by Crippen LogP contribution is -2.40. The first-order valence-electron chi connectivity index (χ1n) is 10.7. The van der Waals surface area contributed by atoms with Crippen molar-refractivity contribution in [3.05, 3.63) is 54.4 Å². The first-order valence-corrected chi connectivity index (χ1v) is 11.5. The number of aromatic amines is 1. The number of benzene rings is 1. The molecule has 5 rings (SSSR count). The van der Waals surface area contributed by atoms with Crippen molar-refractivity contribution in [1.82, 2.24) is 29.7 Å². The lowest BCUT2D eigenvalue weighted by molar-refractivity contribution is 0.166. The average Bonchev–Trinajstić information content (AvgIpc) is 3.56. The van der Waals surface area contributed by atoms with E-state index in [1.165, 1.54) is 11.8 Å². The van der Waals surface area contributed by atoms with Gasteiger partial charge < -0.3 is 20.6 Å². The highest BCUT2D eigenvalue weighted by Gasteiger charge is 2.28. The van der Waals surface area contributed by atoms with Gasteiger partial charge >= 0.3 is 6.03 Å². The Morgan fingerprint density at radius 2 is 2.15 bits per heavy atom. The van der Waals surface area contributed by atoms with Crippen LogP contribution in [0.1, 0.15) is 18.5 Å². The smallest absolute Gasteiger partial charge is 0.322 e. The van der Waals surface area contributed by atoms with Crippen LogP contribution in [0.25, 0.3) is 5.52 Å². The van der Waals surface area contributed by atoms with Crippen LogP contribution in [0, 0.1) is 6.92 Å². The number of hydrogen-bond acceptors (Lipinski definition) is 7. The third-order valence-corrected chi connectivity index (χ3v) is 6.35. The molecule has 4 aromatic rings. The first kappa shape index (κ1) is 21.3. The van der Waals surface area contributed by atoms with Crippen molar-refractivity contribution in [3.8, 4) is 0 Å². The third-order valence-electron chi connectivity index (χ3n) is 5.49. The minimum atomic E-state index is -0.183. The molecule has 0 saturated carbocycles. The maximum Gasteiger partial charge on any atom is 0.322 e. The maximum atomic E-state index is 12.5. The highest BCUT2D eigenvalue weighted by molar-refractivity contribution is 7.99. The van der Waals surface area contributed by atoms with E-state index in [1.807, 2.05) is 55.6 Å². The van der Waals surface area contributed by atoms with Crippen molar-refractivity contribution in [2.75, 3.05) is 23.8 Å². The number of aryl methyl sites for hydroxylation is 1. The number of nitrogens with zero attached hydrogens (tertiary/aromatic N) is 5. The van der Waals surface area contributed by atoms with E-state index in [1.54, 1.807) is 9.42 Å². The van der Waals surface area contributed by atoms with Gasteiger partial charge in [0.05, 0.1) is 12.6 Å². The molecule has 4 heterocycles. The van der Waals surface area contributed by atoms with Crippen molar-refractivity contribution in [2.24, 2.45) is 0 Å². The molecule has 1 saturated heterocycles. The Bertz CT molecular complexity index is 1270. The SMILES string of the molecule is Cc1cc(Nc2nc(Sc3ccc(NC(=O)N4CCCC4CO)cc3)nn3cccc23)n[nH]1. The van der Waals surface area contributed by atoms with Crippen LogP contribution < -0.4 is 10.6 Å². The number of carbonyl (C=O) groups is 1. The van der Waals surface area contributed by atoms with Crippen LogP contribution in [0.4, 0.5) is 22.1 Å². The number of amides is 2. The Kier molecular flexibility index (Phi) is 5.88. The van der Waals surface area contributed by atoms with Crippen molar-refractivity contribution in [2.45, 2.75) is 35.9 Å². The predicted octanol–water partition coefficient (Wildman–Crippen LogP) is 3.64. The highest BCUT2D eigenvalue weighted by Crippen LogP contribution is 2.29. The van der Waals surface area contributed by atoms with Gasteiger partial charge in [0, 0.05) is 35.1 Å². The molecular formula is C22H24N8O2S. The zero-order chi connectivity index (χ0) is 22.8. The molecule has 33 heavy (non-hydrogen) atoms. The number of anilines is 3. The number of fused-ring (bicyclic) bond motifs is 1. The van der Waals surface area contributed by atoms with Crippen LogP contribution in [0.15, 0.2) is 58.7 Å². The van der Waals surface area contributed by atoms with E-state index in [4.69, 9.17) is 0 Å². The Balaban J connectivity index is 1.30. The number of aromatic nitrogens is 5. The Labute approximate surface area is 194 Å². The molecule has 10 nitrogen and oxygen atoms in total. The molecule has 4 N–H and O–H groups in total. The molecule has 0 spiro atoms. The summed E-state index contributed by atoms with van der Waals surface area (Å²) in [6, 6.07) is 13.0. The summed E-state index contributed by atoms with van der Waals surface area (Å²) in [5.41, 5.74) is 2.50. The summed E-state index contributed by atoms with van der Waals surface area (Å²) in [6.45, 7) is 2.60. The minimum Gasteiger partial charge on any atom is -0.394 e. The van der Waals surface area contributed by atoms with Gasteiger partial charge in [-0.05, 0) is 67.9 Å². The van der Waals surface area contributed by atoms with E-state index >= 15 is 0 Å². The van der Waals surface area contributed by atoms with Gasteiger partial charge in [0.2, 0.25) is 5.16 Å². The Hall–Kier alpha value is -3.57. The lowest BCUT2D eigenvalue weighted by atomic mass is 10.2. The van der Waals surface area contributed by atoms with Gasteiger partial charge in [0.25, 0.3) is 0 Å². The summed E-state index contributed by atoms with van der Waals surface area (Å²) in [6.07, 6.45) is 3.62. The topological polar surface area (TPSA) is 123 Å². The van der Waals surface area contributed by atoms with E-state index < -0.39 is 0 Å². The molecule has 170 valence electrons. The van der Waals surface area contributed by atoms with Gasteiger partial charge in [0.1, 0.15) is 5.52 Å². The Morgan fingerprint density at radius 1 is 1.30 bits per heavy atom. The molecule has 3 aromatic heterocycles. The number of hydrogen-bond donors (Lipinski definition) is 4. The number of carbonyl (C=O) groups excluding carboxylic acids is 1. The highest BCUT2D eigenvalue weighted by atomic mass is 32.2. The van der Waals surface area contributed by atoms with Gasteiger partial charge in [-0.2, -0.15) is 5.10 Å². The van der Waals surface area contributed by atoms with Crippen LogP contribution in [0.3, 0.4) is 0 Å². The maximum absolute atomic E-state index is 12.5. The van der Waals surface area contributed by atoms with Crippen LogP contribution in [0.5, 0.6) is 0 Å². The second kappa shape index (κ2) is 9.12. The molecule has 1 aromatic carbocycles. The van der Waals surface area contributed by atoms with E-state index in [9.17, 15) is 9.90 Å². The standard InChI is InChI=1S/C22H24N8O2S/c1-14-12-19(27-26-14)24-20-18-5-3-11-30(18)28-21(25-20)33-17-8-6-15(7-9-17)23-22(32)29-10-2-4-16(29)13-31/h3,5-9,11-12,16,31H,2,4,10,13H2,1H3,(H,23,32)(H2,24,25,26,27,28). The zero-order valence-electron chi connectivity index (χ0n) is 18.0. The largest absolute Gasteiger partial charge is 0.394 e. The van der Waals surface area contributed by atoms with Gasteiger partial charge in [-0.15, -0.1) is 5.10 Å². The summed E-state index contributed by atoms with van der Waals surface area (Å²) in [5.74, 6) is 1.35. The van der Waals surface area contributed by atoms with Crippen molar-refractivity contribution in [3.63, 3.8) is 0 Å². The lowest BCUT2D eigenvalue weighted by Gasteiger charge is -2.23. The van der Waals surface area contributed by atoms with Crippen molar-refractivity contribution in [1.29, 1.82) is 0 Å². The summed E-state index contributed by atoms with van der Waals surface area (Å²) in [4.78, 5) is 19.8. The molecule has 0 bridgehead atoms. The van der Waals surface area contributed by atoms with Crippen LogP contribution in [0.2, 0.25) is 0 Å². The third kappa shape index (κ3) is 4.64. The number of aliphatic hydroxyl groups excluding tert-OH is 1. The number of urea groups is 1. The number of rotatable bonds is 6. The molecular weight excluding hydrogens is 440 g/mol. The second-order valence-electron chi connectivity index (χ2n) is 7.87. The fourth-order valence-electron chi connectivity index (χ4n) is 3.85. The average molecular weight is 465 g/mol. The molecule has 0 radical (unpaired) electrons. The molecule has 1 aliphatic rings. The van der Waals surface area contributed by atoms with Crippen LogP contribution in [-0.2, 0) is 0 Å². The molecule has 1 fully saturated rings. The number of H-pyrrole nitrogens is 1. The van der Waals surface area contributed by atoms with Crippen LogP contribution in [-0.4, -0.2) is 60.0 Å². The van der Waals surface area contributed by atoms with Crippen molar-refractivity contribution >= 4 is 40.6 Å². The molecule has 1 unspecified atom stereocenters. The van der Waals surface area contributed by atoms with Gasteiger partial charge in [-0.1, -0.05) is 0 Å². The molecule has 2 amide bonds. The summed E-state index contributed by atoms with van der Waals surface area (Å²) >= 11 is 1.43. The van der Waals surface area contributed by atoms with Crippen molar-refractivity contribution < 1.29 is 9.90 Å². The van der Waals surface area contributed by atoms with E-state index in [0.29, 0.717) is 29.0 Å².